The van der Waals surface area contributed by atoms with Crippen molar-refractivity contribution in [2.45, 2.75) is 6.42 Å². The van der Waals surface area contributed by atoms with E-state index in [1.807, 2.05) is 16.8 Å². The molecule has 1 aromatic heterocycles. The van der Waals surface area contributed by atoms with Gasteiger partial charge in [-0.3, -0.25) is 4.79 Å². The molecule has 0 radical (unpaired) electrons. The Kier molecular flexibility index (Phi) is 2.70. The van der Waals surface area contributed by atoms with Crippen molar-refractivity contribution in [2.75, 3.05) is 0 Å². The quantitative estimate of drug-likeness (QED) is 0.643. The monoisotopic (exact) mass is 166 g/mol. The third-order valence-corrected chi connectivity index (χ3v) is 1.68. The normalized spacial score (nSPS) is 8.36. The molecule has 3 heteroatoms. The molecule has 1 rings (SSSR count). The van der Waals surface area contributed by atoms with Gasteiger partial charge in [0.05, 0.1) is 0 Å². The summed E-state index contributed by atoms with van der Waals surface area (Å²) in [4.78, 5) is 10.0. The molecular weight excluding hydrogens is 160 g/mol. The van der Waals surface area contributed by atoms with Crippen LogP contribution in [0.5, 0.6) is 0 Å². The predicted molar refractivity (Wildman–Crippen MR) is 43.4 cm³/mol. The average molecular weight is 166 g/mol. The zero-order valence-corrected chi connectivity index (χ0v) is 6.52. The summed E-state index contributed by atoms with van der Waals surface area (Å²) < 4.78 is 0. The van der Waals surface area contributed by atoms with Crippen molar-refractivity contribution in [3.63, 3.8) is 0 Å². The first-order valence-electron chi connectivity index (χ1n) is 3.02. The van der Waals surface area contributed by atoms with Crippen molar-refractivity contribution < 1.29 is 9.90 Å². The molecular formula is C8H6O2S. The zero-order valence-electron chi connectivity index (χ0n) is 5.70. The van der Waals surface area contributed by atoms with E-state index in [0.717, 1.165) is 5.56 Å². The minimum Gasteiger partial charge on any atom is -0.481 e. The van der Waals surface area contributed by atoms with Gasteiger partial charge in [-0.05, 0) is 11.4 Å². The smallest absolute Gasteiger partial charge is 0.315 e. The van der Waals surface area contributed by atoms with Crippen LogP contribution in [-0.4, -0.2) is 11.1 Å². The van der Waals surface area contributed by atoms with Crippen molar-refractivity contribution in [3.8, 4) is 11.8 Å². The van der Waals surface area contributed by atoms with Gasteiger partial charge in [-0.2, -0.15) is 11.3 Å². The van der Waals surface area contributed by atoms with Gasteiger partial charge < -0.3 is 5.11 Å². The van der Waals surface area contributed by atoms with Crippen LogP contribution in [0.25, 0.3) is 0 Å². The van der Waals surface area contributed by atoms with E-state index in [0.29, 0.717) is 0 Å². The Balaban J connectivity index is 2.52. The Morgan fingerprint density at radius 1 is 1.73 bits per heavy atom. The Morgan fingerprint density at radius 2 is 2.55 bits per heavy atom. The Bertz CT molecular complexity index is 290. The highest BCUT2D eigenvalue weighted by molar-refractivity contribution is 7.08. The van der Waals surface area contributed by atoms with Gasteiger partial charge in [-0.15, -0.1) is 0 Å². The Morgan fingerprint density at radius 3 is 3.09 bits per heavy atom. The number of aliphatic carboxylic acids is 1. The summed E-state index contributed by atoms with van der Waals surface area (Å²) in [7, 11) is 0. The van der Waals surface area contributed by atoms with Crippen molar-refractivity contribution in [1.82, 2.24) is 0 Å². The van der Waals surface area contributed by atoms with E-state index in [-0.39, 0.29) is 6.42 Å². The molecule has 1 N–H and O–H groups in total. The summed E-state index contributed by atoms with van der Waals surface area (Å²) in [6.07, 6.45) is -0.0875. The highest BCUT2D eigenvalue weighted by Gasteiger charge is 1.88. The summed E-state index contributed by atoms with van der Waals surface area (Å²) in [5.74, 6) is 4.40. The first kappa shape index (κ1) is 7.83. The fraction of sp³-hybridized carbons (Fsp3) is 0.125. The highest BCUT2D eigenvalue weighted by Crippen LogP contribution is 2.03. The van der Waals surface area contributed by atoms with Gasteiger partial charge in [-0.1, -0.05) is 11.8 Å². The molecule has 0 saturated heterocycles. The summed E-state index contributed by atoms with van der Waals surface area (Å²) >= 11 is 1.55. The Hall–Kier alpha value is -1.27. The van der Waals surface area contributed by atoms with Gasteiger partial charge in [0.15, 0.2) is 0 Å². The minimum absolute atomic E-state index is 0.0875. The number of thiophene rings is 1. The molecule has 0 bridgehead atoms. The third-order valence-electron chi connectivity index (χ3n) is 0.994. The molecule has 0 saturated carbocycles. The SMILES string of the molecule is O=C(O)CC#Cc1ccsc1. The lowest BCUT2D eigenvalue weighted by Gasteiger charge is -1.77. The van der Waals surface area contributed by atoms with Crippen LogP contribution in [-0.2, 0) is 4.79 Å². The second-order valence-corrected chi connectivity index (χ2v) is 2.66. The lowest BCUT2D eigenvalue weighted by Crippen LogP contribution is -1.89. The molecule has 0 aliphatic heterocycles. The van der Waals surface area contributed by atoms with Gasteiger partial charge in [-0.25, -0.2) is 0 Å². The molecule has 0 spiro atoms. The molecule has 2 nitrogen and oxygen atoms in total. The van der Waals surface area contributed by atoms with Gasteiger partial charge in [0.2, 0.25) is 0 Å². The van der Waals surface area contributed by atoms with Crippen LogP contribution >= 0.6 is 11.3 Å². The summed E-state index contributed by atoms with van der Waals surface area (Å²) in [5, 5.41) is 12.0. The molecule has 0 amide bonds. The van der Waals surface area contributed by atoms with E-state index in [1.165, 1.54) is 0 Å². The van der Waals surface area contributed by atoms with Crippen LogP contribution in [0.1, 0.15) is 12.0 Å². The van der Waals surface area contributed by atoms with Gasteiger partial charge in [0.1, 0.15) is 6.42 Å². The number of carboxylic acids is 1. The maximum absolute atomic E-state index is 10.0. The maximum atomic E-state index is 10.0. The summed E-state index contributed by atoms with van der Waals surface area (Å²) in [5.41, 5.74) is 0.885. The van der Waals surface area contributed by atoms with Crippen LogP contribution in [0.4, 0.5) is 0 Å². The Labute approximate surface area is 68.5 Å². The van der Waals surface area contributed by atoms with E-state index < -0.39 is 5.97 Å². The lowest BCUT2D eigenvalue weighted by atomic mass is 10.3. The second-order valence-electron chi connectivity index (χ2n) is 1.88. The molecule has 1 aromatic rings. The van der Waals surface area contributed by atoms with Crippen molar-refractivity contribution in [1.29, 1.82) is 0 Å². The summed E-state index contributed by atoms with van der Waals surface area (Å²) in [6, 6.07) is 1.86. The third kappa shape index (κ3) is 2.87. The van der Waals surface area contributed by atoms with E-state index >= 15 is 0 Å². The van der Waals surface area contributed by atoms with Gasteiger partial charge >= 0.3 is 5.97 Å². The lowest BCUT2D eigenvalue weighted by molar-refractivity contribution is -0.135. The summed E-state index contributed by atoms with van der Waals surface area (Å²) in [6.45, 7) is 0. The standard InChI is InChI=1S/C8H6O2S/c9-8(10)3-1-2-7-4-5-11-6-7/h4-6H,3H2,(H,9,10). The van der Waals surface area contributed by atoms with Crippen molar-refractivity contribution >= 4 is 17.3 Å². The van der Waals surface area contributed by atoms with Gasteiger partial charge in [0.25, 0.3) is 0 Å². The van der Waals surface area contributed by atoms with Crippen LogP contribution < -0.4 is 0 Å². The molecule has 0 unspecified atom stereocenters. The van der Waals surface area contributed by atoms with E-state index in [2.05, 4.69) is 11.8 Å². The first-order chi connectivity index (χ1) is 5.29. The van der Waals surface area contributed by atoms with Crippen molar-refractivity contribution in [2.24, 2.45) is 0 Å². The number of carbonyl (C=O) groups is 1. The average Bonchev–Trinajstić information content (AvgIpc) is 2.39. The topological polar surface area (TPSA) is 37.3 Å². The van der Waals surface area contributed by atoms with Crippen LogP contribution in [0.3, 0.4) is 0 Å². The zero-order chi connectivity index (χ0) is 8.10. The fourth-order valence-electron chi connectivity index (χ4n) is 0.557. The number of rotatable bonds is 1. The first-order valence-corrected chi connectivity index (χ1v) is 3.96. The number of carboxylic acid groups (broad SMARTS) is 1. The molecule has 1 heterocycles. The van der Waals surface area contributed by atoms with Crippen LogP contribution in [0.2, 0.25) is 0 Å². The van der Waals surface area contributed by atoms with Crippen molar-refractivity contribution in [3.05, 3.63) is 22.4 Å². The molecule has 0 atom stereocenters. The van der Waals surface area contributed by atoms with E-state index in [9.17, 15) is 4.79 Å². The van der Waals surface area contributed by atoms with E-state index in [4.69, 9.17) is 5.11 Å². The molecule has 0 aliphatic rings. The molecule has 56 valence electrons. The molecule has 0 aromatic carbocycles. The largest absolute Gasteiger partial charge is 0.481 e. The molecule has 0 fully saturated rings. The number of hydrogen-bond acceptors (Lipinski definition) is 2. The molecule has 0 aliphatic carbocycles. The minimum atomic E-state index is -0.882. The maximum Gasteiger partial charge on any atom is 0.315 e. The van der Waals surface area contributed by atoms with Crippen LogP contribution in [0, 0.1) is 11.8 Å². The van der Waals surface area contributed by atoms with Crippen LogP contribution in [0.15, 0.2) is 16.8 Å². The fourth-order valence-corrected chi connectivity index (χ4v) is 1.15. The van der Waals surface area contributed by atoms with E-state index in [1.54, 1.807) is 11.3 Å². The molecule has 11 heavy (non-hydrogen) atoms. The second kappa shape index (κ2) is 3.79. The number of hydrogen-bond donors (Lipinski definition) is 1. The highest BCUT2D eigenvalue weighted by atomic mass is 32.1. The van der Waals surface area contributed by atoms with Gasteiger partial charge in [0, 0.05) is 10.9 Å². The predicted octanol–water partition coefficient (Wildman–Crippen LogP) is 1.57.